The molecule has 2 aromatic rings. The minimum absolute atomic E-state index is 0.0197. The molecule has 1 saturated heterocycles. The Kier molecular flexibility index (Phi) is 7.99. The number of amides is 1. The highest BCUT2D eigenvalue weighted by atomic mass is 16.5. The molecule has 2 aromatic carbocycles. The molecule has 36 heavy (non-hydrogen) atoms. The molecule has 2 atom stereocenters. The van der Waals surface area contributed by atoms with E-state index in [4.69, 9.17) is 9.47 Å². The number of nitrogens with zero attached hydrogens (tertiary/aromatic N) is 1. The van der Waals surface area contributed by atoms with Crippen molar-refractivity contribution in [1.29, 1.82) is 0 Å². The van der Waals surface area contributed by atoms with Crippen molar-refractivity contribution in [3.8, 4) is 11.5 Å². The molecule has 0 aliphatic carbocycles. The van der Waals surface area contributed by atoms with Gasteiger partial charge in [-0.1, -0.05) is 24.0 Å². The van der Waals surface area contributed by atoms with E-state index in [1.165, 1.54) is 4.90 Å². The van der Waals surface area contributed by atoms with E-state index in [1.807, 2.05) is 38.1 Å². The molecule has 0 spiro atoms. The lowest BCUT2D eigenvalue weighted by Gasteiger charge is -2.28. The van der Waals surface area contributed by atoms with Crippen molar-refractivity contribution in [2.24, 2.45) is 0 Å². The summed E-state index contributed by atoms with van der Waals surface area (Å²) in [5, 5.41) is 13.8. The van der Waals surface area contributed by atoms with Gasteiger partial charge in [0.2, 0.25) is 5.78 Å². The number of benzene rings is 2. The van der Waals surface area contributed by atoms with Crippen molar-refractivity contribution in [2.45, 2.75) is 52.7 Å². The number of Topliss-reactive ketones (excluding diaryl/α,β-unsaturated/α-hetero) is 1. The van der Waals surface area contributed by atoms with Crippen LogP contribution in [0.15, 0.2) is 48.0 Å². The van der Waals surface area contributed by atoms with Crippen molar-refractivity contribution >= 4 is 17.4 Å². The summed E-state index contributed by atoms with van der Waals surface area (Å²) in [6.07, 6.45) is 1.51. The Bertz CT molecular complexity index is 1140. The molecular formula is C29H36N2O5. The van der Waals surface area contributed by atoms with Gasteiger partial charge in [-0.25, -0.2) is 0 Å². The zero-order valence-electron chi connectivity index (χ0n) is 21.6. The SMILES string of the molecule is CCOc1ccc(C2C(=C([O-])c3ccc4c(c3)CC(C)O4)C(=O)C(=O)N2CCC[NH+](CC)CC)cc1. The second kappa shape index (κ2) is 11.2. The Balaban J connectivity index is 1.72. The van der Waals surface area contributed by atoms with Crippen LogP contribution in [0.3, 0.4) is 0 Å². The van der Waals surface area contributed by atoms with Gasteiger partial charge in [0.05, 0.1) is 32.3 Å². The van der Waals surface area contributed by atoms with E-state index >= 15 is 0 Å². The highest BCUT2D eigenvalue weighted by Crippen LogP contribution is 2.40. The standard InChI is InChI=1S/C29H36N2O5/c1-5-30(6-2)15-8-16-31-26(20-9-12-23(13-10-20)35-7-3)25(28(33)29(31)34)27(32)21-11-14-24-22(18-21)17-19(4)36-24/h9-14,18-19,26,32H,5-8,15-17H2,1-4H3. The summed E-state index contributed by atoms with van der Waals surface area (Å²) < 4.78 is 11.3. The number of fused-ring (bicyclic) bond motifs is 1. The Morgan fingerprint density at radius 2 is 1.83 bits per heavy atom. The van der Waals surface area contributed by atoms with Crippen molar-refractivity contribution in [1.82, 2.24) is 4.90 Å². The highest BCUT2D eigenvalue weighted by Gasteiger charge is 2.44. The topological polar surface area (TPSA) is 83.3 Å². The van der Waals surface area contributed by atoms with E-state index < -0.39 is 23.5 Å². The van der Waals surface area contributed by atoms with Gasteiger partial charge in [0.15, 0.2) is 0 Å². The molecule has 7 heteroatoms. The van der Waals surface area contributed by atoms with E-state index in [0.717, 1.165) is 42.9 Å². The fourth-order valence-electron chi connectivity index (χ4n) is 5.18. The van der Waals surface area contributed by atoms with Crippen LogP contribution < -0.4 is 19.5 Å². The van der Waals surface area contributed by atoms with Crippen molar-refractivity contribution in [3.05, 3.63) is 64.7 Å². The minimum atomic E-state index is -0.719. The van der Waals surface area contributed by atoms with Crippen LogP contribution in [0.1, 0.15) is 56.8 Å². The Labute approximate surface area is 213 Å². The first-order chi connectivity index (χ1) is 17.4. The molecule has 4 rings (SSSR count). The average Bonchev–Trinajstić information content (AvgIpc) is 3.37. The lowest BCUT2D eigenvalue weighted by atomic mass is 9.94. The number of likely N-dealkylation sites (tertiary alicyclic amines) is 1. The van der Waals surface area contributed by atoms with E-state index in [2.05, 4.69) is 13.8 Å². The zero-order valence-corrected chi connectivity index (χ0v) is 21.6. The predicted molar refractivity (Wildman–Crippen MR) is 136 cm³/mol. The van der Waals surface area contributed by atoms with E-state index in [0.29, 0.717) is 30.9 Å². The number of nitrogens with one attached hydrogen (secondary N) is 1. The van der Waals surface area contributed by atoms with Crippen LogP contribution in [-0.2, 0) is 16.0 Å². The molecule has 2 unspecified atom stereocenters. The molecule has 2 aliphatic heterocycles. The van der Waals surface area contributed by atoms with Crippen LogP contribution in [0.25, 0.3) is 5.76 Å². The third-order valence-electron chi connectivity index (χ3n) is 7.12. The first-order valence-electron chi connectivity index (χ1n) is 13.0. The number of hydrogen-bond acceptors (Lipinski definition) is 5. The smallest absolute Gasteiger partial charge is 0.295 e. The van der Waals surface area contributed by atoms with Crippen LogP contribution in [-0.4, -0.2) is 55.5 Å². The second-order valence-electron chi connectivity index (χ2n) is 9.49. The van der Waals surface area contributed by atoms with Crippen LogP contribution in [0.5, 0.6) is 11.5 Å². The van der Waals surface area contributed by atoms with Gasteiger partial charge in [0, 0.05) is 25.0 Å². The molecule has 1 amide bonds. The molecule has 1 N–H and O–H groups in total. The van der Waals surface area contributed by atoms with Crippen molar-refractivity contribution in [2.75, 3.05) is 32.8 Å². The maximum absolute atomic E-state index is 13.8. The van der Waals surface area contributed by atoms with Gasteiger partial charge in [0.1, 0.15) is 17.6 Å². The number of carbonyl (C=O) groups is 2. The average molecular weight is 493 g/mol. The van der Waals surface area contributed by atoms with Crippen LogP contribution >= 0.6 is 0 Å². The second-order valence-corrected chi connectivity index (χ2v) is 9.49. The van der Waals surface area contributed by atoms with Gasteiger partial charge in [-0.2, -0.15) is 0 Å². The fraction of sp³-hybridized carbons (Fsp3) is 0.448. The van der Waals surface area contributed by atoms with E-state index in [1.54, 1.807) is 23.1 Å². The van der Waals surface area contributed by atoms with Crippen LogP contribution in [0.2, 0.25) is 0 Å². The monoisotopic (exact) mass is 492 g/mol. The van der Waals surface area contributed by atoms with Gasteiger partial charge in [-0.15, -0.1) is 0 Å². The fourth-order valence-corrected chi connectivity index (χ4v) is 5.18. The third-order valence-corrected chi connectivity index (χ3v) is 7.12. The quantitative estimate of drug-likeness (QED) is 0.311. The third kappa shape index (κ3) is 5.12. The number of quaternary nitrogens is 1. The van der Waals surface area contributed by atoms with Gasteiger partial charge in [-0.3, -0.25) is 9.59 Å². The van der Waals surface area contributed by atoms with Gasteiger partial charge in [0.25, 0.3) is 5.91 Å². The largest absolute Gasteiger partial charge is 0.872 e. The summed E-state index contributed by atoms with van der Waals surface area (Å²) in [6.45, 7) is 12.0. The van der Waals surface area contributed by atoms with E-state index in [-0.39, 0.29) is 11.7 Å². The van der Waals surface area contributed by atoms with Gasteiger partial charge < -0.3 is 24.4 Å². The molecule has 2 heterocycles. The maximum Gasteiger partial charge on any atom is 0.295 e. The number of carbonyl (C=O) groups excluding carboxylic acids is 2. The molecule has 2 aliphatic rings. The predicted octanol–water partition coefficient (Wildman–Crippen LogP) is 1.95. The normalized spacial score (nSPS) is 20.6. The Hall–Kier alpha value is -3.32. The zero-order chi connectivity index (χ0) is 25.8. The van der Waals surface area contributed by atoms with Crippen LogP contribution in [0, 0.1) is 0 Å². The first-order valence-corrected chi connectivity index (χ1v) is 13.0. The summed E-state index contributed by atoms with van der Waals surface area (Å²) in [5.41, 5.74) is 2.11. The molecule has 0 bridgehead atoms. The Morgan fingerprint density at radius 3 is 2.50 bits per heavy atom. The van der Waals surface area contributed by atoms with Crippen LogP contribution in [0.4, 0.5) is 0 Å². The Morgan fingerprint density at radius 1 is 1.11 bits per heavy atom. The first kappa shape index (κ1) is 25.8. The molecule has 0 radical (unpaired) electrons. The van der Waals surface area contributed by atoms with Crippen molar-refractivity contribution in [3.63, 3.8) is 0 Å². The lowest BCUT2D eigenvalue weighted by Crippen LogP contribution is -3.11. The van der Waals surface area contributed by atoms with E-state index in [9.17, 15) is 14.7 Å². The molecule has 1 fully saturated rings. The summed E-state index contributed by atoms with van der Waals surface area (Å²) in [4.78, 5) is 29.5. The number of rotatable bonds is 10. The van der Waals surface area contributed by atoms with Gasteiger partial charge in [-0.05, 0) is 68.7 Å². The molecule has 0 saturated carbocycles. The molecule has 7 nitrogen and oxygen atoms in total. The number of ether oxygens (including phenoxy) is 2. The summed E-state index contributed by atoms with van der Waals surface area (Å²) >= 11 is 0. The van der Waals surface area contributed by atoms with Gasteiger partial charge >= 0.3 is 0 Å². The maximum atomic E-state index is 13.8. The lowest BCUT2D eigenvalue weighted by molar-refractivity contribution is -0.896. The number of ketones is 1. The summed E-state index contributed by atoms with van der Waals surface area (Å²) in [7, 11) is 0. The summed E-state index contributed by atoms with van der Waals surface area (Å²) in [6, 6.07) is 11.9. The highest BCUT2D eigenvalue weighted by molar-refractivity contribution is 6.46. The number of hydrogen-bond donors (Lipinski definition) is 1. The molecular weight excluding hydrogens is 456 g/mol. The van der Waals surface area contributed by atoms with Crippen molar-refractivity contribution < 1.29 is 29.1 Å². The summed E-state index contributed by atoms with van der Waals surface area (Å²) in [5.74, 6) is -0.244. The molecule has 192 valence electrons. The molecule has 0 aromatic heterocycles. The minimum Gasteiger partial charge on any atom is -0.872 e.